The van der Waals surface area contributed by atoms with Crippen LogP contribution in [0.3, 0.4) is 0 Å². The first-order valence-corrected chi connectivity index (χ1v) is 8.16. The number of benzene rings is 1. The van der Waals surface area contributed by atoms with Gasteiger partial charge in [-0.1, -0.05) is 17.7 Å². The minimum Gasteiger partial charge on any atom is -0.352 e. The van der Waals surface area contributed by atoms with Crippen molar-refractivity contribution in [1.29, 1.82) is 0 Å². The van der Waals surface area contributed by atoms with Gasteiger partial charge in [0.1, 0.15) is 5.82 Å². The number of amides is 1. The molecule has 0 radical (unpaired) electrons. The Labute approximate surface area is 135 Å². The molecule has 1 aliphatic carbocycles. The average molecular weight is 326 g/mol. The van der Waals surface area contributed by atoms with E-state index in [1.807, 2.05) is 0 Å². The van der Waals surface area contributed by atoms with Crippen molar-refractivity contribution in [3.63, 3.8) is 0 Å². The monoisotopic (exact) mass is 325 g/mol. The van der Waals surface area contributed by atoms with Crippen molar-refractivity contribution in [3.8, 4) is 0 Å². The molecule has 1 heterocycles. The Morgan fingerprint density at radius 3 is 2.55 bits per heavy atom. The van der Waals surface area contributed by atoms with Crippen molar-refractivity contribution >= 4 is 17.5 Å². The second-order valence-electron chi connectivity index (χ2n) is 6.13. The summed E-state index contributed by atoms with van der Waals surface area (Å²) in [5, 5.41) is 3.50. The number of hydrogen-bond donors (Lipinski definition) is 1. The third-order valence-electron chi connectivity index (χ3n) is 4.18. The number of carbonyl (C=O) groups excluding carboxylic acids is 1. The Hall–Kier alpha value is -1.17. The van der Waals surface area contributed by atoms with Crippen molar-refractivity contribution in [1.82, 2.24) is 15.1 Å². The van der Waals surface area contributed by atoms with E-state index in [0.717, 1.165) is 51.1 Å². The van der Waals surface area contributed by atoms with Crippen LogP contribution in [0.1, 0.15) is 18.4 Å². The van der Waals surface area contributed by atoms with Gasteiger partial charge in [-0.05, 0) is 30.5 Å². The molecular formula is C16H21ClFN3O. The van der Waals surface area contributed by atoms with Crippen LogP contribution >= 0.6 is 11.6 Å². The van der Waals surface area contributed by atoms with Gasteiger partial charge in [-0.25, -0.2) is 4.39 Å². The Morgan fingerprint density at radius 2 is 1.91 bits per heavy atom. The van der Waals surface area contributed by atoms with Crippen molar-refractivity contribution in [2.45, 2.75) is 25.4 Å². The molecule has 4 nitrogen and oxygen atoms in total. The lowest BCUT2D eigenvalue weighted by Gasteiger charge is -2.34. The van der Waals surface area contributed by atoms with Crippen molar-refractivity contribution < 1.29 is 9.18 Å². The van der Waals surface area contributed by atoms with Gasteiger partial charge in [-0.2, -0.15) is 0 Å². The molecule has 1 aromatic rings. The van der Waals surface area contributed by atoms with Crippen LogP contribution in [0.25, 0.3) is 0 Å². The van der Waals surface area contributed by atoms with Gasteiger partial charge in [0.15, 0.2) is 0 Å². The van der Waals surface area contributed by atoms with E-state index in [-0.39, 0.29) is 11.7 Å². The highest BCUT2D eigenvalue weighted by Crippen LogP contribution is 2.20. The summed E-state index contributed by atoms with van der Waals surface area (Å²) in [5.41, 5.74) is 0.947. The zero-order valence-corrected chi connectivity index (χ0v) is 13.3. The Morgan fingerprint density at radius 1 is 1.23 bits per heavy atom. The number of halogens is 2. The molecule has 0 unspecified atom stereocenters. The van der Waals surface area contributed by atoms with E-state index in [1.54, 1.807) is 6.07 Å². The van der Waals surface area contributed by atoms with Crippen LogP contribution in [-0.4, -0.2) is 54.5 Å². The average Bonchev–Trinajstić information content (AvgIpc) is 3.28. The number of nitrogens with zero attached hydrogens (tertiary/aromatic N) is 2. The second kappa shape index (κ2) is 6.94. The van der Waals surface area contributed by atoms with Crippen LogP contribution in [0.5, 0.6) is 0 Å². The highest BCUT2D eigenvalue weighted by atomic mass is 35.5. The molecule has 0 spiro atoms. The zero-order chi connectivity index (χ0) is 15.5. The fourth-order valence-electron chi connectivity index (χ4n) is 2.70. The summed E-state index contributed by atoms with van der Waals surface area (Å²) in [5.74, 6) is -0.169. The summed E-state index contributed by atoms with van der Waals surface area (Å²) in [4.78, 5) is 16.3. The van der Waals surface area contributed by atoms with Crippen LogP contribution in [0, 0.1) is 5.82 Å². The maximum absolute atomic E-state index is 13.1. The van der Waals surface area contributed by atoms with Crippen molar-refractivity contribution in [3.05, 3.63) is 34.6 Å². The number of carbonyl (C=O) groups is 1. The van der Waals surface area contributed by atoms with Crippen LogP contribution in [0.2, 0.25) is 5.02 Å². The molecule has 120 valence electrons. The molecule has 1 N–H and O–H groups in total. The molecule has 1 saturated heterocycles. The van der Waals surface area contributed by atoms with Gasteiger partial charge < -0.3 is 5.32 Å². The first kappa shape index (κ1) is 15.7. The Bertz CT molecular complexity index is 542. The van der Waals surface area contributed by atoms with Gasteiger partial charge in [0.25, 0.3) is 0 Å². The Balaban J connectivity index is 1.43. The first-order chi connectivity index (χ1) is 10.6. The number of hydrogen-bond acceptors (Lipinski definition) is 3. The largest absolute Gasteiger partial charge is 0.352 e. The van der Waals surface area contributed by atoms with E-state index in [2.05, 4.69) is 15.1 Å². The lowest BCUT2D eigenvalue weighted by atomic mass is 10.2. The topological polar surface area (TPSA) is 35.6 Å². The summed E-state index contributed by atoms with van der Waals surface area (Å²) in [6, 6.07) is 4.97. The highest BCUT2D eigenvalue weighted by molar-refractivity contribution is 6.31. The summed E-state index contributed by atoms with van der Waals surface area (Å²) in [6.07, 6.45) is 2.25. The summed E-state index contributed by atoms with van der Waals surface area (Å²) < 4.78 is 13.1. The van der Waals surface area contributed by atoms with E-state index in [0.29, 0.717) is 17.6 Å². The van der Waals surface area contributed by atoms with E-state index in [4.69, 9.17) is 11.6 Å². The van der Waals surface area contributed by atoms with Gasteiger partial charge in [-0.3, -0.25) is 14.6 Å². The molecule has 3 rings (SSSR count). The first-order valence-electron chi connectivity index (χ1n) is 7.78. The molecule has 2 fully saturated rings. The molecule has 22 heavy (non-hydrogen) atoms. The predicted molar refractivity (Wildman–Crippen MR) is 84.3 cm³/mol. The number of rotatable bonds is 5. The third kappa shape index (κ3) is 4.41. The molecule has 1 aromatic carbocycles. The minimum atomic E-state index is -0.305. The molecule has 0 atom stereocenters. The van der Waals surface area contributed by atoms with Crippen molar-refractivity contribution in [2.75, 3.05) is 32.7 Å². The van der Waals surface area contributed by atoms with E-state index >= 15 is 0 Å². The van der Waals surface area contributed by atoms with Crippen molar-refractivity contribution in [2.24, 2.45) is 0 Å². The van der Waals surface area contributed by atoms with E-state index < -0.39 is 0 Å². The lowest BCUT2D eigenvalue weighted by Crippen LogP contribution is -2.49. The lowest BCUT2D eigenvalue weighted by molar-refractivity contribution is -0.122. The molecule has 1 amide bonds. The van der Waals surface area contributed by atoms with Gasteiger partial charge in [0, 0.05) is 43.8 Å². The number of piperazine rings is 1. The van der Waals surface area contributed by atoms with E-state index in [1.165, 1.54) is 12.1 Å². The number of nitrogens with one attached hydrogen (secondary N) is 1. The van der Waals surface area contributed by atoms with Gasteiger partial charge in [-0.15, -0.1) is 0 Å². The smallest absolute Gasteiger partial charge is 0.234 e. The summed E-state index contributed by atoms with van der Waals surface area (Å²) in [6.45, 7) is 4.74. The summed E-state index contributed by atoms with van der Waals surface area (Å²) in [7, 11) is 0. The molecular weight excluding hydrogens is 305 g/mol. The van der Waals surface area contributed by atoms with Crippen LogP contribution in [0.4, 0.5) is 4.39 Å². The predicted octanol–water partition coefficient (Wildman–Crippen LogP) is 1.88. The molecule has 1 aliphatic heterocycles. The Kier molecular flexibility index (Phi) is 4.96. The van der Waals surface area contributed by atoms with E-state index in [9.17, 15) is 9.18 Å². The quantitative estimate of drug-likeness (QED) is 0.898. The van der Waals surface area contributed by atoms with Crippen LogP contribution in [-0.2, 0) is 11.3 Å². The van der Waals surface area contributed by atoms with Gasteiger partial charge in [0.2, 0.25) is 5.91 Å². The molecule has 0 aromatic heterocycles. The highest BCUT2D eigenvalue weighted by Gasteiger charge is 2.25. The van der Waals surface area contributed by atoms with Gasteiger partial charge >= 0.3 is 0 Å². The maximum atomic E-state index is 13.1. The van der Waals surface area contributed by atoms with Crippen LogP contribution < -0.4 is 5.32 Å². The standard InChI is InChI=1S/C16H21ClFN3O/c17-15-9-13(18)2-1-12(15)10-20-5-7-21(8-6-20)11-16(22)19-14-3-4-14/h1-2,9,14H,3-8,10-11H2,(H,19,22). The van der Waals surface area contributed by atoms with Crippen LogP contribution in [0.15, 0.2) is 18.2 Å². The molecule has 2 aliphatic rings. The second-order valence-corrected chi connectivity index (χ2v) is 6.54. The third-order valence-corrected chi connectivity index (χ3v) is 4.54. The normalized spacial score (nSPS) is 20.1. The zero-order valence-electron chi connectivity index (χ0n) is 12.5. The fourth-order valence-corrected chi connectivity index (χ4v) is 2.93. The minimum absolute atomic E-state index is 0.137. The molecule has 0 bridgehead atoms. The maximum Gasteiger partial charge on any atom is 0.234 e. The van der Waals surface area contributed by atoms with Gasteiger partial charge in [0.05, 0.1) is 6.54 Å². The summed E-state index contributed by atoms with van der Waals surface area (Å²) >= 11 is 6.07. The molecule has 6 heteroatoms. The fraction of sp³-hybridized carbons (Fsp3) is 0.562. The molecule has 1 saturated carbocycles. The SMILES string of the molecule is O=C(CN1CCN(Cc2ccc(F)cc2Cl)CC1)NC1CC1.